The van der Waals surface area contributed by atoms with E-state index in [4.69, 9.17) is 9.47 Å². The molecule has 5 aromatic rings. The topological polar surface area (TPSA) is 93.1 Å². The number of aromatic hydroxyl groups is 2. The normalized spacial score (nSPS) is 11.1. The summed E-state index contributed by atoms with van der Waals surface area (Å²) in [6.45, 7) is 0. The first-order valence-electron chi connectivity index (χ1n) is 10.9. The summed E-state index contributed by atoms with van der Waals surface area (Å²) in [4.78, 5) is 25.2. The first-order valence-corrected chi connectivity index (χ1v) is 10.9. The Morgan fingerprint density at radius 3 is 1.18 bits per heavy atom. The van der Waals surface area contributed by atoms with Crippen molar-refractivity contribution in [3.8, 4) is 23.0 Å². The van der Waals surface area contributed by atoms with Gasteiger partial charge in [-0.1, -0.05) is 48.5 Å². The summed E-state index contributed by atoms with van der Waals surface area (Å²) in [7, 11) is 0. The second-order valence-electron chi connectivity index (χ2n) is 8.05. The minimum atomic E-state index is -2.19. The molecule has 0 unspecified atom stereocenters. The van der Waals surface area contributed by atoms with Crippen molar-refractivity contribution in [2.24, 2.45) is 0 Å². The van der Waals surface area contributed by atoms with Crippen molar-refractivity contribution in [1.82, 2.24) is 0 Å². The van der Waals surface area contributed by atoms with Crippen LogP contribution in [0, 0.1) is 23.3 Å². The maximum Gasteiger partial charge on any atom is 0.349 e. The first-order chi connectivity index (χ1) is 18.2. The lowest BCUT2D eigenvalue weighted by Crippen LogP contribution is -2.21. The fraction of sp³-hybridized carbons (Fsp3) is 0. The van der Waals surface area contributed by atoms with Crippen molar-refractivity contribution in [2.45, 2.75) is 0 Å². The minimum Gasteiger partial charge on any atom is -0.507 e. The number of hydrogen-bond acceptors (Lipinski definition) is 6. The Morgan fingerprint density at radius 1 is 0.526 bits per heavy atom. The number of benzene rings is 5. The van der Waals surface area contributed by atoms with Gasteiger partial charge in [-0.25, -0.2) is 27.2 Å². The zero-order valence-electron chi connectivity index (χ0n) is 19.0. The minimum absolute atomic E-state index is 0.0173. The fourth-order valence-electron chi connectivity index (χ4n) is 4.04. The molecule has 5 aromatic carbocycles. The van der Waals surface area contributed by atoms with Crippen LogP contribution in [0.1, 0.15) is 20.7 Å². The molecule has 190 valence electrons. The van der Waals surface area contributed by atoms with Gasteiger partial charge in [0.05, 0.1) is 10.8 Å². The highest BCUT2D eigenvalue weighted by molar-refractivity contribution is 6.01. The van der Waals surface area contributed by atoms with Gasteiger partial charge in [0.25, 0.3) is 0 Å². The van der Waals surface area contributed by atoms with Crippen LogP contribution in [0.5, 0.6) is 23.0 Å². The van der Waals surface area contributed by atoms with Crippen LogP contribution in [-0.2, 0) is 0 Å². The van der Waals surface area contributed by atoms with E-state index in [2.05, 4.69) is 0 Å². The van der Waals surface area contributed by atoms with Crippen molar-refractivity contribution >= 4 is 33.5 Å². The lowest BCUT2D eigenvalue weighted by atomic mass is 10.1. The monoisotopic (exact) mass is 522 g/mol. The van der Waals surface area contributed by atoms with Gasteiger partial charge in [0.2, 0.25) is 0 Å². The zero-order valence-corrected chi connectivity index (χ0v) is 19.0. The molecule has 0 aromatic heterocycles. The summed E-state index contributed by atoms with van der Waals surface area (Å²) >= 11 is 0. The molecule has 0 saturated carbocycles. The molecule has 38 heavy (non-hydrogen) atoms. The summed E-state index contributed by atoms with van der Waals surface area (Å²) in [5.74, 6) is -13.7. The third-order valence-corrected chi connectivity index (χ3v) is 5.77. The van der Waals surface area contributed by atoms with Gasteiger partial charge in [-0.2, -0.15) is 0 Å². The molecule has 10 heteroatoms. The highest BCUT2D eigenvalue weighted by atomic mass is 19.2. The summed E-state index contributed by atoms with van der Waals surface area (Å²) < 4.78 is 69.5. The van der Waals surface area contributed by atoms with E-state index in [0.717, 1.165) is 0 Å². The first kappa shape index (κ1) is 24.6. The molecule has 0 bridgehead atoms. The molecule has 0 spiro atoms. The van der Waals surface area contributed by atoms with E-state index < -0.39 is 46.3 Å². The van der Waals surface area contributed by atoms with Crippen LogP contribution in [-0.4, -0.2) is 22.2 Å². The quantitative estimate of drug-likeness (QED) is 0.123. The maximum atomic E-state index is 14.9. The maximum absolute atomic E-state index is 14.9. The van der Waals surface area contributed by atoms with E-state index in [9.17, 15) is 37.4 Å². The van der Waals surface area contributed by atoms with E-state index in [1.54, 1.807) is 24.3 Å². The number of esters is 2. The average Bonchev–Trinajstić information content (AvgIpc) is 2.88. The van der Waals surface area contributed by atoms with E-state index >= 15 is 0 Å². The van der Waals surface area contributed by atoms with Gasteiger partial charge in [0.15, 0.2) is 23.3 Å². The van der Waals surface area contributed by atoms with Crippen LogP contribution >= 0.6 is 0 Å². The van der Waals surface area contributed by atoms with Gasteiger partial charge in [0, 0.05) is 0 Å². The Balaban J connectivity index is 1.53. The molecule has 0 fully saturated rings. The molecular weight excluding hydrogens is 508 g/mol. The third-order valence-electron chi connectivity index (χ3n) is 5.77. The van der Waals surface area contributed by atoms with Gasteiger partial charge in [0.1, 0.15) is 34.1 Å². The number of ether oxygens (including phenoxy) is 2. The molecule has 0 amide bonds. The number of hydrogen-bond donors (Lipinski definition) is 2. The van der Waals surface area contributed by atoms with E-state index in [0.29, 0.717) is 10.8 Å². The second kappa shape index (κ2) is 9.40. The molecule has 0 aliphatic rings. The molecule has 0 aliphatic heterocycles. The van der Waals surface area contributed by atoms with Crippen LogP contribution in [0.3, 0.4) is 0 Å². The Labute approximate surface area is 210 Å². The molecule has 0 aliphatic carbocycles. The van der Waals surface area contributed by atoms with Gasteiger partial charge < -0.3 is 19.7 Å². The average molecular weight is 522 g/mol. The number of rotatable bonds is 4. The summed E-state index contributed by atoms with van der Waals surface area (Å²) in [6.07, 6.45) is 0. The molecule has 0 heterocycles. The SMILES string of the molecule is O=C(Oc1cccc2cccc(O)c12)c1c(F)c(F)c(C(=O)Oc2cccc3cccc(O)c23)c(F)c1F. The molecule has 0 atom stereocenters. The summed E-state index contributed by atoms with van der Waals surface area (Å²) in [6, 6.07) is 17.0. The Hall–Kier alpha value is -5.12. The number of halogens is 4. The largest absolute Gasteiger partial charge is 0.507 e. The van der Waals surface area contributed by atoms with E-state index in [1.807, 2.05) is 0 Å². The van der Waals surface area contributed by atoms with Crippen LogP contribution < -0.4 is 9.47 Å². The van der Waals surface area contributed by atoms with E-state index in [-0.39, 0.29) is 33.8 Å². The van der Waals surface area contributed by atoms with Crippen molar-refractivity contribution in [1.29, 1.82) is 0 Å². The van der Waals surface area contributed by atoms with Crippen molar-refractivity contribution in [3.63, 3.8) is 0 Å². The Kier molecular flexibility index (Phi) is 6.08. The van der Waals surface area contributed by atoms with Gasteiger partial charge in [-0.3, -0.25) is 0 Å². The standard InChI is InChI=1S/C28H14F4O6/c29-23-21(27(35)37-17-11-3-7-13-5-1-9-15(33)19(13)17)24(30)26(32)22(25(23)31)28(36)38-18-12-4-8-14-6-2-10-16(34)20(14)18/h1-12,33-34H. The molecular formula is C28H14F4O6. The van der Waals surface area contributed by atoms with Gasteiger partial charge in [-0.15, -0.1) is 0 Å². The third kappa shape index (κ3) is 4.01. The van der Waals surface area contributed by atoms with Gasteiger partial charge >= 0.3 is 11.9 Å². The number of phenols is 2. The van der Waals surface area contributed by atoms with Crippen molar-refractivity contribution < 1.29 is 46.8 Å². The second-order valence-corrected chi connectivity index (χ2v) is 8.05. The van der Waals surface area contributed by atoms with Crippen LogP contribution in [0.15, 0.2) is 72.8 Å². The summed E-state index contributed by atoms with van der Waals surface area (Å²) in [5, 5.41) is 21.1. The lowest BCUT2D eigenvalue weighted by molar-refractivity contribution is 0.0700. The molecule has 5 rings (SSSR count). The predicted octanol–water partition coefficient (Wildman–Crippen LogP) is 6.40. The lowest BCUT2D eigenvalue weighted by Gasteiger charge is -2.13. The molecule has 2 N–H and O–H groups in total. The number of phenolic OH excluding ortho intramolecular Hbond substituents is 2. The van der Waals surface area contributed by atoms with E-state index in [1.165, 1.54) is 48.5 Å². The van der Waals surface area contributed by atoms with Crippen LogP contribution in [0.25, 0.3) is 21.5 Å². The molecule has 6 nitrogen and oxygen atoms in total. The summed E-state index contributed by atoms with van der Waals surface area (Å²) in [5.41, 5.74) is -3.46. The highest BCUT2D eigenvalue weighted by Gasteiger charge is 2.35. The van der Waals surface area contributed by atoms with Gasteiger partial charge in [-0.05, 0) is 35.0 Å². The van der Waals surface area contributed by atoms with Crippen LogP contribution in [0.4, 0.5) is 17.6 Å². The Bertz CT molecular complexity index is 1610. The number of carbonyl (C=O) groups is 2. The number of carbonyl (C=O) groups excluding carboxylic acids is 2. The van der Waals surface area contributed by atoms with Crippen LogP contribution in [0.2, 0.25) is 0 Å². The Morgan fingerprint density at radius 2 is 0.842 bits per heavy atom. The smallest absolute Gasteiger partial charge is 0.349 e. The predicted molar refractivity (Wildman–Crippen MR) is 127 cm³/mol. The fourth-order valence-corrected chi connectivity index (χ4v) is 4.04. The highest BCUT2D eigenvalue weighted by Crippen LogP contribution is 2.36. The zero-order chi connectivity index (χ0) is 27.1. The van der Waals surface area contributed by atoms with Crippen molar-refractivity contribution in [3.05, 3.63) is 107 Å². The molecule has 0 saturated heterocycles. The number of fused-ring (bicyclic) bond motifs is 2. The van der Waals surface area contributed by atoms with Crippen molar-refractivity contribution in [2.75, 3.05) is 0 Å². The molecule has 0 radical (unpaired) electrons.